The van der Waals surface area contributed by atoms with Crippen LogP contribution in [0.3, 0.4) is 0 Å². The van der Waals surface area contributed by atoms with Gasteiger partial charge in [0.15, 0.2) is 5.76 Å². The third-order valence-corrected chi connectivity index (χ3v) is 6.68. The van der Waals surface area contributed by atoms with E-state index < -0.39 is 16.1 Å². The fourth-order valence-electron chi connectivity index (χ4n) is 3.32. The topological polar surface area (TPSA) is 105 Å². The van der Waals surface area contributed by atoms with Gasteiger partial charge >= 0.3 is 0 Å². The predicted molar refractivity (Wildman–Crippen MR) is 94.0 cm³/mol. The Hall–Kier alpha value is -1.75. The van der Waals surface area contributed by atoms with E-state index in [9.17, 15) is 13.5 Å². The van der Waals surface area contributed by atoms with E-state index in [1.165, 1.54) is 4.31 Å². The Balaban J connectivity index is 1.61. The summed E-state index contributed by atoms with van der Waals surface area (Å²) >= 11 is 0. The van der Waals surface area contributed by atoms with Gasteiger partial charge < -0.3 is 9.63 Å². The zero-order valence-electron chi connectivity index (χ0n) is 15.1. The standard InChI is InChI=1S/C16H25N5O4S/c1-13-16(14(2)25-18-13)26(23,24)21-8-4-6-19(9-10-21)11-15(22)12-20-7-3-5-17-20/h3,5,7,15,22H,4,6,8-12H2,1-2H3/t15-/m1/s1. The molecule has 0 aromatic carbocycles. The Labute approximate surface area is 153 Å². The lowest BCUT2D eigenvalue weighted by molar-refractivity contribution is 0.0973. The average molecular weight is 383 g/mol. The predicted octanol–water partition coefficient (Wildman–Crippen LogP) is 0.245. The smallest absolute Gasteiger partial charge is 0.248 e. The van der Waals surface area contributed by atoms with Crippen molar-refractivity contribution in [3.63, 3.8) is 0 Å². The van der Waals surface area contributed by atoms with Crippen molar-refractivity contribution in [2.75, 3.05) is 32.7 Å². The summed E-state index contributed by atoms with van der Waals surface area (Å²) in [6.45, 7) is 6.28. The van der Waals surface area contributed by atoms with Gasteiger partial charge in [0.25, 0.3) is 0 Å². The highest BCUT2D eigenvalue weighted by Crippen LogP contribution is 2.24. The van der Waals surface area contributed by atoms with Gasteiger partial charge in [-0.05, 0) is 32.9 Å². The fourth-order valence-corrected chi connectivity index (χ4v) is 5.08. The molecule has 26 heavy (non-hydrogen) atoms. The van der Waals surface area contributed by atoms with Crippen LogP contribution in [0.25, 0.3) is 0 Å². The quantitative estimate of drug-likeness (QED) is 0.762. The largest absolute Gasteiger partial charge is 0.390 e. The second kappa shape index (κ2) is 7.87. The fraction of sp³-hybridized carbons (Fsp3) is 0.625. The van der Waals surface area contributed by atoms with Crippen LogP contribution in [0.5, 0.6) is 0 Å². The number of aliphatic hydroxyl groups is 1. The summed E-state index contributed by atoms with van der Waals surface area (Å²) in [4.78, 5) is 2.27. The summed E-state index contributed by atoms with van der Waals surface area (Å²) in [6, 6.07) is 1.82. The number of nitrogens with zero attached hydrogens (tertiary/aromatic N) is 5. The van der Waals surface area contributed by atoms with E-state index in [4.69, 9.17) is 4.52 Å². The Morgan fingerprint density at radius 1 is 1.23 bits per heavy atom. The van der Waals surface area contributed by atoms with Crippen LogP contribution in [-0.4, -0.2) is 76.5 Å². The number of aryl methyl sites for hydroxylation is 2. The zero-order valence-corrected chi connectivity index (χ0v) is 15.9. The zero-order chi connectivity index (χ0) is 18.7. The molecule has 0 amide bonds. The molecular formula is C16H25N5O4S. The number of β-amino-alcohol motifs (C(OH)–C–C–N with tert-alkyl or cyclic N) is 1. The van der Waals surface area contributed by atoms with Crippen LogP contribution in [0.15, 0.2) is 27.9 Å². The van der Waals surface area contributed by atoms with Gasteiger partial charge in [-0.2, -0.15) is 9.40 Å². The van der Waals surface area contributed by atoms with E-state index in [1.807, 2.05) is 12.3 Å². The van der Waals surface area contributed by atoms with E-state index in [0.29, 0.717) is 50.6 Å². The second-order valence-electron chi connectivity index (χ2n) is 6.59. The number of aromatic nitrogens is 3. The van der Waals surface area contributed by atoms with Crippen LogP contribution >= 0.6 is 0 Å². The first-order chi connectivity index (χ1) is 12.4. The van der Waals surface area contributed by atoms with E-state index in [1.54, 1.807) is 24.7 Å². The number of hydrogen-bond donors (Lipinski definition) is 1. The number of rotatable bonds is 6. The molecule has 0 spiro atoms. The van der Waals surface area contributed by atoms with E-state index >= 15 is 0 Å². The second-order valence-corrected chi connectivity index (χ2v) is 8.47. The summed E-state index contributed by atoms with van der Waals surface area (Å²) in [6.07, 6.45) is 3.64. The Morgan fingerprint density at radius 2 is 2.04 bits per heavy atom. The van der Waals surface area contributed by atoms with Crippen LogP contribution in [0, 0.1) is 13.8 Å². The van der Waals surface area contributed by atoms with Crippen LogP contribution < -0.4 is 0 Å². The molecule has 0 bridgehead atoms. The van der Waals surface area contributed by atoms with Crippen LogP contribution in [0.1, 0.15) is 17.9 Å². The lowest BCUT2D eigenvalue weighted by Gasteiger charge is -2.23. The van der Waals surface area contributed by atoms with Crippen molar-refractivity contribution in [1.82, 2.24) is 24.1 Å². The Bertz CT molecular complexity index is 798. The maximum atomic E-state index is 12.9. The first-order valence-electron chi connectivity index (χ1n) is 8.69. The van der Waals surface area contributed by atoms with Gasteiger partial charge in [-0.3, -0.25) is 9.58 Å². The third kappa shape index (κ3) is 4.14. The van der Waals surface area contributed by atoms with Crippen molar-refractivity contribution in [2.24, 2.45) is 0 Å². The maximum absolute atomic E-state index is 12.9. The highest BCUT2D eigenvalue weighted by Gasteiger charge is 2.32. The summed E-state index contributed by atoms with van der Waals surface area (Å²) in [5.41, 5.74) is 0.387. The molecule has 1 saturated heterocycles. The molecule has 2 aromatic heterocycles. The lowest BCUT2D eigenvalue weighted by atomic mass is 10.3. The van der Waals surface area contributed by atoms with Crippen molar-refractivity contribution in [3.8, 4) is 0 Å². The van der Waals surface area contributed by atoms with Gasteiger partial charge in [-0.15, -0.1) is 0 Å². The Kier molecular flexibility index (Phi) is 5.76. The minimum absolute atomic E-state index is 0.171. The molecule has 2 aromatic rings. The SMILES string of the molecule is Cc1noc(C)c1S(=O)(=O)N1CCCN(C[C@@H](O)Cn2cccn2)CC1. The van der Waals surface area contributed by atoms with Crippen LogP contribution in [0.4, 0.5) is 0 Å². The van der Waals surface area contributed by atoms with Gasteiger partial charge in [-0.25, -0.2) is 8.42 Å². The van der Waals surface area contributed by atoms with E-state index in [-0.39, 0.29) is 4.90 Å². The van der Waals surface area contributed by atoms with E-state index in [2.05, 4.69) is 15.2 Å². The number of aliphatic hydroxyl groups excluding tert-OH is 1. The number of sulfonamides is 1. The third-order valence-electron chi connectivity index (χ3n) is 4.54. The molecule has 1 N–H and O–H groups in total. The van der Waals surface area contributed by atoms with Crippen molar-refractivity contribution < 1.29 is 18.0 Å². The van der Waals surface area contributed by atoms with Gasteiger partial charge in [0.1, 0.15) is 10.6 Å². The molecule has 1 aliphatic rings. The molecule has 3 heterocycles. The highest BCUT2D eigenvalue weighted by atomic mass is 32.2. The summed E-state index contributed by atoms with van der Waals surface area (Å²) < 4.78 is 34.1. The maximum Gasteiger partial charge on any atom is 0.248 e. The van der Waals surface area contributed by atoms with E-state index in [0.717, 1.165) is 6.54 Å². The highest BCUT2D eigenvalue weighted by molar-refractivity contribution is 7.89. The van der Waals surface area contributed by atoms with Crippen molar-refractivity contribution >= 4 is 10.0 Å². The molecule has 9 nitrogen and oxygen atoms in total. The van der Waals surface area contributed by atoms with Crippen molar-refractivity contribution in [1.29, 1.82) is 0 Å². The first-order valence-corrected chi connectivity index (χ1v) is 10.1. The molecule has 3 rings (SSSR count). The monoisotopic (exact) mass is 383 g/mol. The average Bonchev–Trinajstić information content (AvgIpc) is 3.12. The van der Waals surface area contributed by atoms with Gasteiger partial charge in [0.05, 0.1) is 12.6 Å². The molecule has 144 valence electrons. The molecule has 10 heteroatoms. The molecule has 0 radical (unpaired) electrons. The van der Waals surface area contributed by atoms with Crippen molar-refractivity contribution in [3.05, 3.63) is 29.9 Å². The summed E-state index contributed by atoms with van der Waals surface area (Å²) in [7, 11) is -3.62. The Morgan fingerprint density at radius 3 is 2.69 bits per heavy atom. The van der Waals surface area contributed by atoms with Gasteiger partial charge in [0.2, 0.25) is 10.0 Å². The van der Waals surface area contributed by atoms with Gasteiger partial charge in [-0.1, -0.05) is 5.16 Å². The molecule has 1 atom stereocenters. The van der Waals surface area contributed by atoms with Crippen LogP contribution in [0.2, 0.25) is 0 Å². The molecule has 0 aliphatic carbocycles. The van der Waals surface area contributed by atoms with Crippen molar-refractivity contribution in [2.45, 2.75) is 37.8 Å². The molecular weight excluding hydrogens is 358 g/mol. The summed E-state index contributed by atoms with van der Waals surface area (Å²) in [5, 5.41) is 18.1. The molecule has 1 fully saturated rings. The first kappa shape index (κ1) is 19.0. The van der Waals surface area contributed by atoms with Gasteiger partial charge in [0, 0.05) is 38.6 Å². The molecule has 0 saturated carbocycles. The lowest BCUT2D eigenvalue weighted by Crippen LogP contribution is -2.39. The summed E-state index contributed by atoms with van der Waals surface area (Å²) in [5.74, 6) is 0.318. The normalized spacial score (nSPS) is 18.7. The molecule has 1 aliphatic heterocycles. The minimum atomic E-state index is -3.62. The number of hydrogen-bond acceptors (Lipinski definition) is 7. The molecule has 0 unspecified atom stereocenters. The minimum Gasteiger partial charge on any atom is -0.390 e. The van der Waals surface area contributed by atoms with Crippen LogP contribution in [-0.2, 0) is 16.6 Å².